The Kier molecular flexibility index (Phi) is 6.35. The third kappa shape index (κ3) is 4.50. The Morgan fingerprint density at radius 3 is 2.43 bits per heavy atom. The van der Waals surface area contributed by atoms with E-state index < -0.39 is 6.09 Å². The quantitative estimate of drug-likeness (QED) is 0.475. The maximum atomic E-state index is 12.0. The number of methoxy groups -OCH3 is 2. The minimum atomic E-state index is -0.933. The third-order valence-corrected chi connectivity index (χ3v) is 6.56. The van der Waals surface area contributed by atoms with Gasteiger partial charge in [-0.2, -0.15) is 5.10 Å². The van der Waals surface area contributed by atoms with Crippen LogP contribution in [0.15, 0.2) is 24.5 Å². The van der Waals surface area contributed by atoms with Crippen molar-refractivity contribution in [1.29, 1.82) is 0 Å². The van der Waals surface area contributed by atoms with Crippen LogP contribution in [0.2, 0.25) is 0 Å². The van der Waals surface area contributed by atoms with Crippen molar-refractivity contribution < 1.29 is 19.4 Å². The van der Waals surface area contributed by atoms with Crippen molar-refractivity contribution in [2.45, 2.75) is 52.2 Å². The second-order valence-corrected chi connectivity index (χ2v) is 9.91. The number of hydrogen-bond donors (Lipinski definition) is 3. The molecule has 1 fully saturated rings. The van der Waals surface area contributed by atoms with Crippen LogP contribution < -0.4 is 20.5 Å². The Labute approximate surface area is 204 Å². The van der Waals surface area contributed by atoms with Crippen LogP contribution in [0.1, 0.15) is 51.8 Å². The molecule has 3 atom stereocenters. The van der Waals surface area contributed by atoms with Gasteiger partial charge >= 0.3 is 6.09 Å². The second kappa shape index (κ2) is 9.12. The number of likely N-dealkylation sites (tertiary alicyclic amines) is 1. The zero-order valence-corrected chi connectivity index (χ0v) is 20.9. The van der Waals surface area contributed by atoms with Crippen LogP contribution in [0, 0.1) is 5.41 Å². The van der Waals surface area contributed by atoms with Crippen LogP contribution in [0.5, 0.6) is 11.5 Å². The second-order valence-electron chi connectivity index (χ2n) is 9.91. The molecule has 0 saturated carbocycles. The molecule has 1 aromatic carbocycles. The van der Waals surface area contributed by atoms with E-state index in [2.05, 4.69) is 15.3 Å². The Morgan fingerprint density at radius 2 is 1.86 bits per heavy atom. The fraction of sp³-hybridized carbons (Fsp3) is 0.500. The van der Waals surface area contributed by atoms with Crippen molar-refractivity contribution in [1.82, 2.24) is 24.6 Å². The number of carbonyl (C=O) groups is 1. The van der Waals surface area contributed by atoms with Gasteiger partial charge in [-0.1, -0.05) is 20.8 Å². The molecule has 35 heavy (non-hydrogen) atoms. The number of rotatable bonds is 6. The van der Waals surface area contributed by atoms with Gasteiger partial charge in [0.15, 0.2) is 11.5 Å². The molecule has 2 aromatic heterocycles. The van der Waals surface area contributed by atoms with Gasteiger partial charge in [0.25, 0.3) is 0 Å². The van der Waals surface area contributed by atoms with Gasteiger partial charge in [-0.3, -0.25) is 0 Å². The zero-order chi connectivity index (χ0) is 25.5. The SMILES string of the molecule is COc1cc(OC)cc(C(C)Nc2nn(C3CCN(C(=O)O)[C@H]3C(C)(C)C)c3ncnc(N)c23)c1. The number of aromatic nitrogens is 4. The number of nitrogens with one attached hydrogen (secondary N) is 1. The first-order chi connectivity index (χ1) is 16.5. The molecule has 3 aromatic rings. The van der Waals surface area contributed by atoms with Crippen LogP contribution in [-0.4, -0.2) is 62.7 Å². The molecule has 0 bridgehead atoms. The monoisotopic (exact) mass is 483 g/mol. The van der Waals surface area contributed by atoms with Crippen LogP contribution in [0.25, 0.3) is 11.0 Å². The van der Waals surface area contributed by atoms with Gasteiger partial charge in [-0.25, -0.2) is 19.4 Å². The van der Waals surface area contributed by atoms with Gasteiger partial charge < -0.3 is 30.5 Å². The van der Waals surface area contributed by atoms with Crippen molar-refractivity contribution in [3.8, 4) is 11.5 Å². The lowest BCUT2D eigenvalue weighted by Gasteiger charge is -2.37. The van der Waals surface area contributed by atoms with Gasteiger partial charge in [0, 0.05) is 12.6 Å². The summed E-state index contributed by atoms with van der Waals surface area (Å²) in [5, 5.41) is 18.8. The normalized spacial score (nSPS) is 19.1. The van der Waals surface area contributed by atoms with E-state index in [0.29, 0.717) is 47.1 Å². The Bertz CT molecular complexity index is 1210. The van der Waals surface area contributed by atoms with E-state index in [1.54, 1.807) is 14.2 Å². The number of benzene rings is 1. The lowest BCUT2D eigenvalue weighted by atomic mass is 9.83. The number of ether oxygens (including phenoxy) is 2. The maximum absolute atomic E-state index is 12.0. The topological polar surface area (TPSA) is 141 Å². The molecule has 4 rings (SSSR count). The molecular formula is C24H33N7O4. The molecule has 11 nitrogen and oxygen atoms in total. The smallest absolute Gasteiger partial charge is 0.407 e. The number of hydrogen-bond acceptors (Lipinski definition) is 8. The molecule has 0 radical (unpaired) electrons. The van der Waals surface area contributed by atoms with Crippen LogP contribution in [0.4, 0.5) is 16.4 Å². The first kappa shape index (κ1) is 24.4. The molecule has 11 heteroatoms. The number of nitrogens with two attached hydrogens (primary N) is 1. The summed E-state index contributed by atoms with van der Waals surface area (Å²) >= 11 is 0. The third-order valence-electron chi connectivity index (χ3n) is 6.56. The molecule has 0 aliphatic carbocycles. The molecule has 1 amide bonds. The van der Waals surface area contributed by atoms with Crippen LogP contribution in [0.3, 0.4) is 0 Å². The van der Waals surface area contributed by atoms with E-state index in [1.807, 2.05) is 50.6 Å². The molecule has 1 saturated heterocycles. The highest BCUT2D eigenvalue weighted by atomic mass is 16.5. The predicted octanol–water partition coefficient (Wildman–Crippen LogP) is 3.94. The number of fused-ring (bicyclic) bond motifs is 1. The van der Waals surface area contributed by atoms with E-state index in [0.717, 1.165) is 5.56 Å². The summed E-state index contributed by atoms with van der Waals surface area (Å²) in [6, 6.07) is 5.00. The minimum Gasteiger partial charge on any atom is -0.497 e. The fourth-order valence-electron chi connectivity index (χ4n) is 4.99. The van der Waals surface area contributed by atoms with Gasteiger partial charge in [0.2, 0.25) is 0 Å². The predicted molar refractivity (Wildman–Crippen MR) is 133 cm³/mol. The summed E-state index contributed by atoms with van der Waals surface area (Å²) in [4.78, 5) is 22.2. The maximum Gasteiger partial charge on any atom is 0.407 e. The van der Waals surface area contributed by atoms with E-state index in [9.17, 15) is 9.90 Å². The Balaban J connectivity index is 1.77. The van der Waals surface area contributed by atoms with E-state index in [-0.39, 0.29) is 23.5 Å². The fourth-order valence-corrected chi connectivity index (χ4v) is 4.99. The summed E-state index contributed by atoms with van der Waals surface area (Å²) in [5.74, 6) is 2.20. The van der Waals surface area contributed by atoms with E-state index >= 15 is 0 Å². The van der Waals surface area contributed by atoms with Gasteiger partial charge in [0.05, 0.1) is 32.3 Å². The summed E-state index contributed by atoms with van der Waals surface area (Å²) in [6.07, 6.45) is 1.10. The molecule has 4 N–H and O–H groups in total. The Hall–Kier alpha value is -3.76. The molecule has 3 heterocycles. The molecule has 2 unspecified atom stereocenters. The van der Waals surface area contributed by atoms with Gasteiger partial charge in [0.1, 0.15) is 29.0 Å². The largest absolute Gasteiger partial charge is 0.497 e. The van der Waals surface area contributed by atoms with E-state index in [1.165, 1.54) is 11.2 Å². The molecule has 188 valence electrons. The van der Waals surface area contributed by atoms with Gasteiger partial charge in [-0.05, 0) is 36.5 Å². The van der Waals surface area contributed by atoms with Crippen molar-refractivity contribution in [3.63, 3.8) is 0 Å². The van der Waals surface area contributed by atoms with Crippen molar-refractivity contribution in [3.05, 3.63) is 30.1 Å². The summed E-state index contributed by atoms with van der Waals surface area (Å²) in [5.41, 5.74) is 7.48. The summed E-state index contributed by atoms with van der Waals surface area (Å²) < 4.78 is 12.6. The number of carboxylic acid groups (broad SMARTS) is 1. The van der Waals surface area contributed by atoms with Crippen molar-refractivity contribution in [2.75, 3.05) is 31.8 Å². The molecule has 1 aliphatic rings. The van der Waals surface area contributed by atoms with E-state index in [4.69, 9.17) is 20.3 Å². The highest BCUT2D eigenvalue weighted by molar-refractivity contribution is 5.96. The Morgan fingerprint density at radius 1 is 1.20 bits per heavy atom. The highest BCUT2D eigenvalue weighted by Crippen LogP contribution is 2.42. The summed E-state index contributed by atoms with van der Waals surface area (Å²) in [6.45, 7) is 8.54. The number of nitrogens with zero attached hydrogens (tertiary/aromatic N) is 5. The number of amides is 1. The summed E-state index contributed by atoms with van der Waals surface area (Å²) in [7, 11) is 3.22. The average Bonchev–Trinajstić information content (AvgIpc) is 3.41. The molecule has 1 aliphatic heterocycles. The first-order valence-electron chi connectivity index (χ1n) is 11.5. The highest BCUT2D eigenvalue weighted by Gasteiger charge is 2.46. The number of anilines is 2. The zero-order valence-electron chi connectivity index (χ0n) is 20.9. The van der Waals surface area contributed by atoms with Crippen LogP contribution in [-0.2, 0) is 0 Å². The number of nitrogen functional groups attached to an aromatic ring is 1. The lowest BCUT2D eigenvalue weighted by Crippen LogP contribution is -2.46. The van der Waals surface area contributed by atoms with Gasteiger partial charge in [-0.15, -0.1) is 0 Å². The minimum absolute atomic E-state index is 0.178. The van der Waals surface area contributed by atoms with Crippen molar-refractivity contribution in [2.24, 2.45) is 5.41 Å². The first-order valence-corrected chi connectivity index (χ1v) is 11.5. The molecular weight excluding hydrogens is 450 g/mol. The van der Waals surface area contributed by atoms with Crippen molar-refractivity contribution >= 4 is 28.8 Å². The standard InChI is InChI=1S/C24H33N7O4/c1-13(14-9-15(34-5)11-16(10-14)35-6)28-21-18-20(25)26-12-27-22(18)31(29-21)17-7-8-30(23(32)33)19(17)24(2,3)4/h9-13,17,19H,7-8H2,1-6H3,(H,28,29)(H,32,33)(H2,25,26,27)/t13?,17?,19-/m1/s1. The molecule has 0 spiro atoms. The average molecular weight is 484 g/mol. The van der Waals surface area contributed by atoms with Crippen LogP contribution >= 0.6 is 0 Å². The lowest BCUT2D eigenvalue weighted by molar-refractivity contribution is 0.0913.